The van der Waals surface area contributed by atoms with Gasteiger partial charge < -0.3 is 14.9 Å². The first-order valence-electron chi connectivity index (χ1n) is 7.56. The van der Waals surface area contributed by atoms with Crippen molar-refractivity contribution in [2.24, 2.45) is 5.41 Å². The zero-order valence-electron chi connectivity index (χ0n) is 13.6. The number of rotatable bonds is 2. The summed E-state index contributed by atoms with van der Waals surface area (Å²) in [7, 11) is 0. The van der Waals surface area contributed by atoms with E-state index in [0.29, 0.717) is 31.3 Å². The smallest absolute Gasteiger partial charge is 0.331 e. The summed E-state index contributed by atoms with van der Waals surface area (Å²) in [6.45, 7) is 9.16. The van der Waals surface area contributed by atoms with Crippen LogP contribution in [0.4, 0.5) is 0 Å². The first-order chi connectivity index (χ1) is 10.1. The molecule has 1 aliphatic rings. The molecule has 2 atom stereocenters. The van der Waals surface area contributed by atoms with E-state index in [1.165, 1.54) is 6.92 Å². The molecule has 0 unspecified atom stereocenters. The number of carboxylic acids is 1. The molecule has 22 heavy (non-hydrogen) atoms. The quantitative estimate of drug-likeness (QED) is 0.605. The minimum atomic E-state index is -1.000. The van der Waals surface area contributed by atoms with Crippen molar-refractivity contribution in [1.82, 2.24) is 0 Å². The minimum Gasteiger partial charge on any atom is -0.478 e. The first kappa shape index (κ1) is 18.4. The molecular formula is C17H26O5. The van der Waals surface area contributed by atoms with Crippen LogP contribution in [0.25, 0.3) is 0 Å². The van der Waals surface area contributed by atoms with Crippen LogP contribution in [0.3, 0.4) is 0 Å². The fourth-order valence-corrected chi connectivity index (χ4v) is 2.86. The molecule has 0 aromatic carbocycles. The van der Waals surface area contributed by atoms with Crippen LogP contribution < -0.4 is 0 Å². The van der Waals surface area contributed by atoms with Gasteiger partial charge in [0, 0.05) is 18.9 Å². The summed E-state index contributed by atoms with van der Waals surface area (Å²) in [6, 6.07) is 0. The third kappa shape index (κ3) is 6.02. The van der Waals surface area contributed by atoms with Gasteiger partial charge in [0.05, 0.1) is 6.10 Å². The van der Waals surface area contributed by atoms with Crippen LogP contribution in [0, 0.1) is 5.41 Å². The maximum absolute atomic E-state index is 11.4. The maximum atomic E-state index is 11.4. The van der Waals surface area contributed by atoms with Crippen LogP contribution in [-0.2, 0) is 14.3 Å². The summed E-state index contributed by atoms with van der Waals surface area (Å²) in [6.07, 6.45) is 2.72. The zero-order chi connectivity index (χ0) is 16.9. The molecular weight excluding hydrogens is 284 g/mol. The van der Waals surface area contributed by atoms with E-state index in [1.807, 2.05) is 13.8 Å². The number of allylic oxidation sites excluding steroid dienone is 1. The zero-order valence-corrected chi connectivity index (χ0v) is 13.6. The highest BCUT2D eigenvalue weighted by Gasteiger charge is 2.30. The van der Waals surface area contributed by atoms with E-state index < -0.39 is 24.1 Å². The van der Waals surface area contributed by atoms with Crippen LogP contribution in [0.15, 0.2) is 23.8 Å². The number of aliphatic carboxylic acids is 1. The molecule has 5 heteroatoms. The predicted molar refractivity (Wildman–Crippen MR) is 83.3 cm³/mol. The van der Waals surface area contributed by atoms with E-state index in [-0.39, 0.29) is 17.4 Å². The third-order valence-electron chi connectivity index (χ3n) is 3.91. The number of hydrogen-bond acceptors (Lipinski definition) is 4. The Bertz CT molecular complexity index is 475. The SMILES string of the molecule is C=C1CC/C=C(\C(=O)O)C[C@@H](OC(C)=O)CC(C)(C)C[C@@H]1O. The van der Waals surface area contributed by atoms with E-state index in [9.17, 15) is 19.8 Å². The Kier molecular flexibility index (Phi) is 6.35. The Labute approximate surface area is 131 Å². The van der Waals surface area contributed by atoms with Crippen molar-refractivity contribution < 1.29 is 24.5 Å². The first-order valence-corrected chi connectivity index (χ1v) is 7.56. The summed E-state index contributed by atoms with van der Waals surface area (Å²) in [5, 5.41) is 19.5. The Balaban J connectivity index is 3.06. The second kappa shape index (κ2) is 7.58. The second-order valence-corrected chi connectivity index (χ2v) is 6.76. The van der Waals surface area contributed by atoms with E-state index in [0.717, 1.165) is 0 Å². The van der Waals surface area contributed by atoms with Crippen molar-refractivity contribution in [2.45, 2.75) is 65.1 Å². The van der Waals surface area contributed by atoms with Gasteiger partial charge in [0.2, 0.25) is 0 Å². The molecule has 0 amide bonds. The number of carbonyl (C=O) groups excluding carboxylic acids is 1. The van der Waals surface area contributed by atoms with Gasteiger partial charge in [-0.3, -0.25) is 4.79 Å². The number of esters is 1. The van der Waals surface area contributed by atoms with E-state index in [1.54, 1.807) is 6.08 Å². The molecule has 124 valence electrons. The molecule has 0 saturated carbocycles. The number of ether oxygens (including phenoxy) is 1. The molecule has 1 rings (SSSR count). The largest absolute Gasteiger partial charge is 0.478 e. The predicted octanol–water partition coefficient (Wildman–Crippen LogP) is 2.84. The van der Waals surface area contributed by atoms with Crippen LogP contribution in [-0.4, -0.2) is 34.4 Å². The summed E-state index contributed by atoms with van der Waals surface area (Å²) < 4.78 is 5.29. The fraction of sp³-hybridized carbons (Fsp3) is 0.647. The number of aliphatic hydroxyl groups is 1. The van der Waals surface area contributed by atoms with Crippen molar-refractivity contribution in [2.75, 3.05) is 0 Å². The molecule has 0 heterocycles. The molecule has 2 N–H and O–H groups in total. The van der Waals surface area contributed by atoms with Crippen LogP contribution >= 0.6 is 0 Å². The standard InChI is InChI=1S/C17H26O5/c1-11-6-5-7-13(16(20)21)8-14(22-12(2)18)9-17(3,4)10-15(11)19/h7,14-15,19H,1,5-6,8-10H2,2-4H3,(H,20,21)/b13-7-/t14-,15+/m1/s1. The minimum absolute atomic E-state index is 0.181. The van der Waals surface area contributed by atoms with Crippen molar-refractivity contribution in [1.29, 1.82) is 0 Å². The number of carbonyl (C=O) groups is 2. The number of carboxylic acid groups (broad SMARTS) is 1. The van der Waals surface area contributed by atoms with Gasteiger partial charge in [0.25, 0.3) is 0 Å². The molecule has 1 aliphatic carbocycles. The van der Waals surface area contributed by atoms with Gasteiger partial charge in [-0.05, 0) is 36.7 Å². The highest BCUT2D eigenvalue weighted by atomic mass is 16.5. The lowest BCUT2D eigenvalue weighted by atomic mass is 9.79. The molecule has 0 aliphatic heterocycles. The van der Waals surface area contributed by atoms with Gasteiger partial charge in [-0.25, -0.2) is 4.79 Å². The van der Waals surface area contributed by atoms with E-state index in [4.69, 9.17) is 4.74 Å². The van der Waals surface area contributed by atoms with Crippen LogP contribution in [0.1, 0.15) is 52.9 Å². The third-order valence-corrected chi connectivity index (χ3v) is 3.91. The average Bonchev–Trinajstić information content (AvgIpc) is 2.35. The lowest BCUT2D eigenvalue weighted by molar-refractivity contribution is -0.148. The molecule has 0 radical (unpaired) electrons. The molecule has 0 aromatic rings. The van der Waals surface area contributed by atoms with Gasteiger partial charge in [-0.15, -0.1) is 0 Å². The second-order valence-electron chi connectivity index (χ2n) is 6.76. The van der Waals surface area contributed by atoms with E-state index in [2.05, 4.69) is 6.58 Å². The summed E-state index contributed by atoms with van der Waals surface area (Å²) >= 11 is 0. The molecule has 0 spiro atoms. The maximum Gasteiger partial charge on any atom is 0.331 e. The van der Waals surface area contributed by atoms with Crippen molar-refractivity contribution in [3.8, 4) is 0 Å². The highest BCUT2D eigenvalue weighted by Crippen LogP contribution is 2.34. The molecule has 0 aromatic heterocycles. The molecule has 5 nitrogen and oxygen atoms in total. The number of hydrogen-bond donors (Lipinski definition) is 2. The normalized spacial score (nSPS) is 28.9. The Morgan fingerprint density at radius 3 is 2.55 bits per heavy atom. The van der Waals surface area contributed by atoms with E-state index >= 15 is 0 Å². The highest BCUT2D eigenvalue weighted by molar-refractivity contribution is 5.86. The number of aliphatic hydroxyl groups excluding tert-OH is 1. The fourth-order valence-electron chi connectivity index (χ4n) is 2.86. The summed E-state index contributed by atoms with van der Waals surface area (Å²) in [4.78, 5) is 22.6. The van der Waals surface area contributed by atoms with Crippen LogP contribution in [0.2, 0.25) is 0 Å². The van der Waals surface area contributed by atoms with Gasteiger partial charge in [0.15, 0.2) is 0 Å². The Morgan fingerprint density at radius 2 is 2.00 bits per heavy atom. The summed E-state index contributed by atoms with van der Waals surface area (Å²) in [5.41, 5.74) is 0.655. The van der Waals surface area contributed by atoms with Gasteiger partial charge in [-0.1, -0.05) is 26.5 Å². The van der Waals surface area contributed by atoms with Crippen LogP contribution in [0.5, 0.6) is 0 Å². The topological polar surface area (TPSA) is 83.8 Å². The van der Waals surface area contributed by atoms with Gasteiger partial charge in [0.1, 0.15) is 6.10 Å². The summed E-state index contributed by atoms with van der Waals surface area (Å²) in [5.74, 6) is -1.43. The lowest BCUT2D eigenvalue weighted by Gasteiger charge is -2.31. The van der Waals surface area contributed by atoms with Gasteiger partial charge in [-0.2, -0.15) is 0 Å². The van der Waals surface area contributed by atoms with Crippen molar-refractivity contribution in [3.05, 3.63) is 23.8 Å². The average molecular weight is 310 g/mol. The lowest BCUT2D eigenvalue weighted by Crippen LogP contribution is -2.29. The molecule has 0 saturated heterocycles. The van der Waals surface area contributed by atoms with Crippen molar-refractivity contribution in [3.63, 3.8) is 0 Å². The monoisotopic (exact) mass is 310 g/mol. The van der Waals surface area contributed by atoms with Crippen molar-refractivity contribution >= 4 is 11.9 Å². The Morgan fingerprint density at radius 1 is 1.36 bits per heavy atom. The molecule has 0 bridgehead atoms. The molecule has 0 fully saturated rings. The van der Waals surface area contributed by atoms with Gasteiger partial charge >= 0.3 is 11.9 Å². The Hall–Kier alpha value is -1.62.